The van der Waals surface area contributed by atoms with E-state index in [0.717, 1.165) is 30.1 Å². The number of aromatic nitrogens is 1. The van der Waals surface area contributed by atoms with Crippen LogP contribution in [0.2, 0.25) is 0 Å². The summed E-state index contributed by atoms with van der Waals surface area (Å²) in [5, 5.41) is 2.92. The summed E-state index contributed by atoms with van der Waals surface area (Å²) in [5.41, 5.74) is 0.934. The van der Waals surface area contributed by atoms with Crippen LogP contribution in [-0.4, -0.2) is 29.4 Å². The van der Waals surface area contributed by atoms with Gasteiger partial charge in [0.2, 0.25) is 5.91 Å². The van der Waals surface area contributed by atoms with Crippen LogP contribution in [-0.2, 0) is 17.9 Å². The fourth-order valence-corrected chi connectivity index (χ4v) is 3.52. The fourth-order valence-electron chi connectivity index (χ4n) is 2.82. The Kier molecular flexibility index (Phi) is 6.14. The van der Waals surface area contributed by atoms with Gasteiger partial charge < -0.3 is 14.4 Å². The number of carbonyl (C=O) groups is 1. The number of nitrogens with zero attached hydrogens (tertiary/aromatic N) is 2. The van der Waals surface area contributed by atoms with Gasteiger partial charge in [0.15, 0.2) is 11.5 Å². The molecule has 0 bridgehead atoms. The van der Waals surface area contributed by atoms with Gasteiger partial charge in [0.05, 0.1) is 19.3 Å². The van der Waals surface area contributed by atoms with E-state index in [-0.39, 0.29) is 11.8 Å². The lowest BCUT2D eigenvalue weighted by Gasteiger charge is -2.23. The summed E-state index contributed by atoms with van der Waals surface area (Å²) in [4.78, 5) is 19.1. The van der Waals surface area contributed by atoms with E-state index in [9.17, 15) is 4.79 Å². The number of thiazole rings is 1. The maximum Gasteiger partial charge on any atom is 0.226 e. The van der Waals surface area contributed by atoms with Crippen molar-refractivity contribution in [3.63, 3.8) is 0 Å². The molecule has 5 nitrogen and oxygen atoms in total. The topological polar surface area (TPSA) is 51.7 Å². The van der Waals surface area contributed by atoms with Crippen molar-refractivity contribution in [3.05, 3.63) is 40.3 Å². The Hall–Kier alpha value is -2.08. The predicted octanol–water partition coefficient (Wildman–Crippen LogP) is 4.13. The van der Waals surface area contributed by atoms with Crippen molar-refractivity contribution < 1.29 is 14.3 Å². The molecule has 1 aliphatic rings. The highest BCUT2D eigenvalue weighted by molar-refractivity contribution is 7.09. The molecule has 1 aromatic heterocycles. The Labute approximate surface area is 159 Å². The first-order chi connectivity index (χ1) is 12.6. The molecule has 1 aromatic carbocycles. The van der Waals surface area contributed by atoms with Gasteiger partial charge in [-0.15, -0.1) is 11.3 Å². The monoisotopic (exact) mass is 374 g/mol. The normalized spacial score (nSPS) is 13.7. The third-order valence-corrected chi connectivity index (χ3v) is 5.07. The van der Waals surface area contributed by atoms with Crippen molar-refractivity contribution in [2.75, 3.05) is 13.7 Å². The second-order valence-corrected chi connectivity index (χ2v) is 8.00. The molecule has 1 aliphatic carbocycles. The second-order valence-electron chi connectivity index (χ2n) is 7.06. The van der Waals surface area contributed by atoms with Crippen LogP contribution in [0.1, 0.15) is 37.4 Å². The lowest BCUT2D eigenvalue weighted by atomic mass is 10.2. The third kappa shape index (κ3) is 4.97. The van der Waals surface area contributed by atoms with Gasteiger partial charge in [-0.3, -0.25) is 4.79 Å². The predicted molar refractivity (Wildman–Crippen MR) is 102 cm³/mol. The van der Waals surface area contributed by atoms with Crippen LogP contribution >= 0.6 is 11.3 Å². The molecule has 2 aromatic rings. The number of hydrogen-bond acceptors (Lipinski definition) is 5. The molecule has 3 rings (SSSR count). The average Bonchev–Trinajstić information content (AvgIpc) is 3.39. The standard InChI is InChI=1S/C20H26N2O3S/c1-14(2)10-22(20(23)15-8-9-15)11-16-13-26-19(21-16)12-25-18-7-5-4-6-17(18)24-3/h4-7,13-15H,8-12H2,1-3H3. The Balaban J connectivity index is 1.60. The van der Waals surface area contributed by atoms with E-state index < -0.39 is 0 Å². The molecule has 0 spiro atoms. The van der Waals surface area contributed by atoms with Crippen LogP contribution in [0.5, 0.6) is 11.5 Å². The first kappa shape index (κ1) is 18.7. The third-order valence-electron chi connectivity index (χ3n) is 4.20. The molecule has 0 radical (unpaired) electrons. The van der Waals surface area contributed by atoms with E-state index in [4.69, 9.17) is 9.47 Å². The van der Waals surface area contributed by atoms with E-state index in [1.165, 1.54) is 0 Å². The highest BCUT2D eigenvalue weighted by Gasteiger charge is 2.33. The molecule has 0 N–H and O–H groups in total. The SMILES string of the molecule is COc1ccccc1OCc1nc(CN(CC(C)C)C(=O)C2CC2)cs1. The lowest BCUT2D eigenvalue weighted by molar-refractivity contribution is -0.133. The van der Waals surface area contributed by atoms with Crippen molar-refractivity contribution >= 4 is 17.2 Å². The summed E-state index contributed by atoms with van der Waals surface area (Å²) in [5.74, 6) is 2.38. The van der Waals surface area contributed by atoms with Crippen molar-refractivity contribution in [1.82, 2.24) is 9.88 Å². The number of hydrogen-bond donors (Lipinski definition) is 0. The Morgan fingerprint density at radius 1 is 1.31 bits per heavy atom. The summed E-state index contributed by atoms with van der Waals surface area (Å²) in [6.45, 7) is 6.03. The number of para-hydroxylation sites is 2. The number of benzene rings is 1. The van der Waals surface area contributed by atoms with E-state index in [0.29, 0.717) is 30.6 Å². The van der Waals surface area contributed by atoms with E-state index in [1.54, 1.807) is 18.4 Å². The van der Waals surface area contributed by atoms with E-state index >= 15 is 0 Å². The number of ether oxygens (including phenoxy) is 2. The van der Waals surface area contributed by atoms with Gasteiger partial charge in [0.25, 0.3) is 0 Å². The summed E-state index contributed by atoms with van der Waals surface area (Å²) in [7, 11) is 1.63. The van der Waals surface area contributed by atoms with Crippen molar-refractivity contribution in [3.8, 4) is 11.5 Å². The maximum absolute atomic E-state index is 12.5. The van der Waals surface area contributed by atoms with Crippen LogP contribution in [0.25, 0.3) is 0 Å². The smallest absolute Gasteiger partial charge is 0.226 e. The van der Waals surface area contributed by atoms with Gasteiger partial charge in [-0.1, -0.05) is 26.0 Å². The first-order valence-corrected chi connectivity index (χ1v) is 9.92. The molecule has 140 valence electrons. The van der Waals surface area contributed by atoms with E-state index in [2.05, 4.69) is 18.8 Å². The van der Waals surface area contributed by atoms with Crippen molar-refractivity contribution in [2.24, 2.45) is 11.8 Å². The number of amides is 1. The zero-order valence-electron chi connectivity index (χ0n) is 15.6. The molecule has 0 unspecified atom stereocenters. The molecular weight excluding hydrogens is 348 g/mol. The van der Waals surface area contributed by atoms with Crippen molar-refractivity contribution in [1.29, 1.82) is 0 Å². The second kappa shape index (κ2) is 8.54. The van der Waals surface area contributed by atoms with Crippen molar-refractivity contribution in [2.45, 2.75) is 39.8 Å². The van der Waals surface area contributed by atoms with Crippen LogP contribution in [0.15, 0.2) is 29.6 Å². The summed E-state index contributed by atoms with van der Waals surface area (Å²) in [6, 6.07) is 7.58. The van der Waals surface area contributed by atoms with Gasteiger partial charge in [-0.05, 0) is 30.9 Å². The molecule has 26 heavy (non-hydrogen) atoms. The largest absolute Gasteiger partial charge is 0.493 e. The summed E-state index contributed by atoms with van der Waals surface area (Å²) in [6.07, 6.45) is 2.06. The number of methoxy groups -OCH3 is 1. The molecule has 1 heterocycles. The highest BCUT2D eigenvalue weighted by atomic mass is 32.1. The average molecular weight is 375 g/mol. The van der Waals surface area contributed by atoms with Crippen LogP contribution < -0.4 is 9.47 Å². The van der Waals surface area contributed by atoms with Gasteiger partial charge in [-0.25, -0.2) is 4.98 Å². The molecular formula is C20H26N2O3S. The minimum atomic E-state index is 0.237. The van der Waals surface area contributed by atoms with Gasteiger partial charge in [0.1, 0.15) is 11.6 Å². The Morgan fingerprint density at radius 2 is 2.04 bits per heavy atom. The first-order valence-electron chi connectivity index (χ1n) is 9.04. The van der Waals surface area contributed by atoms with E-state index in [1.807, 2.05) is 34.5 Å². The maximum atomic E-state index is 12.5. The lowest BCUT2D eigenvalue weighted by Crippen LogP contribution is -2.34. The highest BCUT2D eigenvalue weighted by Crippen LogP contribution is 2.32. The molecule has 1 saturated carbocycles. The van der Waals surface area contributed by atoms with Crippen LogP contribution in [0, 0.1) is 11.8 Å². The Morgan fingerprint density at radius 3 is 2.69 bits per heavy atom. The molecule has 0 atom stereocenters. The minimum Gasteiger partial charge on any atom is -0.493 e. The zero-order chi connectivity index (χ0) is 18.5. The number of rotatable bonds is 9. The molecule has 1 fully saturated rings. The summed E-state index contributed by atoms with van der Waals surface area (Å²) < 4.78 is 11.1. The minimum absolute atomic E-state index is 0.237. The summed E-state index contributed by atoms with van der Waals surface area (Å²) >= 11 is 1.56. The molecule has 0 aliphatic heterocycles. The zero-order valence-corrected chi connectivity index (χ0v) is 16.4. The van der Waals surface area contributed by atoms with Crippen LogP contribution in [0.4, 0.5) is 0 Å². The molecule has 0 saturated heterocycles. The van der Waals surface area contributed by atoms with Crippen LogP contribution in [0.3, 0.4) is 0 Å². The number of carbonyl (C=O) groups excluding carboxylic acids is 1. The quantitative estimate of drug-likeness (QED) is 0.662. The van der Waals surface area contributed by atoms with Gasteiger partial charge >= 0.3 is 0 Å². The molecule has 1 amide bonds. The Bertz CT molecular complexity index is 740. The molecule has 6 heteroatoms. The van der Waals surface area contributed by atoms with Gasteiger partial charge in [0, 0.05) is 17.8 Å². The van der Waals surface area contributed by atoms with Gasteiger partial charge in [-0.2, -0.15) is 0 Å². The fraction of sp³-hybridized carbons (Fsp3) is 0.500.